The SMILES string of the molecule is CC(C)(C)c1ccnc(-n2c3[c-]c(Oc4[c-]c(P(=O)(c5ccccc5)c5ccccc5)ccc4)ccc3c3cc(-c4cc[c]5[c](c4)[Ge]([CH3])([CH3])[CH2][CH2][Ge]5([CH3])[CH3])ccc32)c1.[Pt+2]. The molecule has 9 rings (SSSR count). The van der Waals surface area contributed by atoms with Gasteiger partial charge in [-0.15, -0.1) is 12.1 Å². The van der Waals surface area contributed by atoms with E-state index in [0.29, 0.717) is 16.8 Å². The fraction of sp³-hybridized carbons (Fsp3) is 0.196. The Labute approximate surface area is 368 Å². The van der Waals surface area contributed by atoms with E-state index in [-0.39, 0.29) is 26.5 Å². The molecule has 0 amide bonds. The molecule has 1 aliphatic rings. The monoisotopic (exact) mass is 1100 g/mol. The number of pyridine rings is 1. The van der Waals surface area contributed by atoms with Crippen LogP contribution in [0.5, 0.6) is 11.5 Å². The van der Waals surface area contributed by atoms with Crippen molar-refractivity contribution in [2.24, 2.45) is 0 Å². The molecule has 8 aromatic rings. The van der Waals surface area contributed by atoms with Crippen molar-refractivity contribution in [1.29, 1.82) is 0 Å². The van der Waals surface area contributed by atoms with Crippen LogP contribution >= 0.6 is 7.14 Å². The Morgan fingerprint density at radius 2 is 1.27 bits per heavy atom. The molecule has 0 unspecified atom stereocenters. The van der Waals surface area contributed by atoms with Gasteiger partial charge >= 0.3 is 238 Å². The first kappa shape index (κ1) is 41.8. The molecule has 0 radical (unpaired) electrons. The van der Waals surface area contributed by atoms with Gasteiger partial charge in [-0.05, 0) is 0 Å². The van der Waals surface area contributed by atoms with Crippen LogP contribution in [0.15, 0.2) is 146 Å². The van der Waals surface area contributed by atoms with Crippen molar-refractivity contribution in [3.63, 3.8) is 0 Å². The molecule has 0 saturated heterocycles. The van der Waals surface area contributed by atoms with Crippen LogP contribution in [-0.4, -0.2) is 36.1 Å². The van der Waals surface area contributed by atoms with Gasteiger partial charge in [-0.1, -0.05) is 86.7 Å². The van der Waals surface area contributed by atoms with Crippen molar-refractivity contribution < 1.29 is 30.4 Å². The van der Waals surface area contributed by atoms with E-state index >= 15 is 4.57 Å². The summed E-state index contributed by atoms with van der Waals surface area (Å²) in [5, 5.41) is 7.23. The largest absolute Gasteiger partial charge is 2.00 e. The second-order valence-electron chi connectivity index (χ2n) is 18.1. The molecule has 6 aromatic carbocycles. The fourth-order valence-electron chi connectivity index (χ4n) is 8.68. The first-order valence-corrected chi connectivity index (χ1v) is 35.4. The van der Waals surface area contributed by atoms with Gasteiger partial charge in [-0.2, -0.15) is 12.1 Å². The van der Waals surface area contributed by atoms with Crippen LogP contribution in [-0.2, 0) is 31.0 Å². The van der Waals surface area contributed by atoms with Gasteiger partial charge in [-0.3, -0.25) is 0 Å². The Hall–Kier alpha value is -3.93. The van der Waals surface area contributed by atoms with Gasteiger partial charge in [0.2, 0.25) is 0 Å². The quantitative estimate of drug-likeness (QED) is 0.0908. The van der Waals surface area contributed by atoms with E-state index in [1.54, 1.807) is 8.79 Å². The number of ether oxygens (including phenoxy) is 1. The summed E-state index contributed by atoms with van der Waals surface area (Å²) in [7, 11) is -3.24. The van der Waals surface area contributed by atoms with Crippen molar-refractivity contribution >= 4 is 80.2 Å². The Kier molecular flexibility index (Phi) is 11.2. The molecule has 298 valence electrons. The minimum Gasteiger partial charge on any atom is 2.00 e. The standard InChI is InChI=1S/C51H49Ge2N2O2P.Pt/c1-51(2,3)38-27-30-54-50(33-38)55-48-26-22-36(37-21-25-46-47(32-37)53(6,7)29-28-52(46,4)5)31-45(48)44-24-23-40(35-49(44)55)57-39-15-14-20-43(34-39)58(56,41-16-10-8-11-17-41)42-18-12-9-13-19-42;/h8-27,30-33H,28-29H2,1-7H3;/q-2;+2. The van der Waals surface area contributed by atoms with Gasteiger partial charge in [0.25, 0.3) is 0 Å². The van der Waals surface area contributed by atoms with Crippen LogP contribution in [0, 0.1) is 12.1 Å². The number of benzene rings is 6. The maximum Gasteiger partial charge on any atom is 2.00 e. The number of rotatable bonds is 7. The molecular formula is C51H49Ge2N2O2PPt. The minimum absolute atomic E-state index is 0. The number of aromatic nitrogens is 2. The minimum atomic E-state index is -3.24. The maximum atomic E-state index is 15.2. The summed E-state index contributed by atoms with van der Waals surface area (Å²) < 4.78 is 27.4. The third-order valence-electron chi connectivity index (χ3n) is 12.2. The third kappa shape index (κ3) is 7.69. The Morgan fingerprint density at radius 1 is 0.644 bits per heavy atom. The van der Waals surface area contributed by atoms with Crippen LogP contribution in [0.1, 0.15) is 26.3 Å². The average Bonchev–Trinajstić information content (AvgIpc) is 3.55. The van der Waals surface area contributed by atoms with Gasteiger partial charge in [0, 0.05) is 10.6 Å². The van der Waals surface area contributed by atoms with E-state index in [9.17, 15) is 0 Å². The molecular weight excluding hydrogens is 1040 g/mol. The van der Waals surface area contributed by atoms with Gasteiger partial charge in [0.1, 0.15) is 7.14 Å². The van der Waals surface area contributed by atoms with E-state index in [1.807, 2.05) is 91.1 Å². The summed E-state index contributed by atoms with van der Waals surface area (Å²) in [4.78, 5) is 4.94. The summed E-state index contributed by atoms with van der Waals surface area (Å²) >= 11 is -4.10. The predicted molar refractivity (Wildman–Crippen MR) is 250 cm³/mol. The van der Waals surface area contributed by atoms with Gasteiger partial charge in [0.05, 0.1) is 0 Å². The van der Waals surface area contributed by atoms with Gasteiger partial charge in [0.15, 0.2) is 0 Å². The van der Waals surface area contributed by atoms with Crippen LogP contribution in [0.25, 0.3) is 38.8 Å². The summed E-state index contributed by atoms with van der Waals surface area (Å²) in [5.41, 5.74) is 5.64. The van der Waals surface area contributed by atoms with Crippen molar-refractivity contribution in [3.8, 4) is 28.4 Å². The molecule has 0 atom stereocenters. The molecule has 59 heavy (non-hydrogen) atoms. The average molecular weight is 1090 g/mol. The van der Waals surface area contributed by atoms with Crippen LogP contribution in [0.4, 0.5) is 0 Å². The van der Waals surface area contributed by atoms with E-state index in [4.69, 9.17) is 9.72 Å². The van der Waals surface area contributed by atoms with Crippen LogP contribution < -0.4 is 29.4 Å². The molecule has 2 aromatic heterocycles. The molecule has 3 heterocycles. The summed E-state index contributed by atoms with van der Waals surface area (Å²) in [5.74, 6) is 12.3. The second-order valence-corrected chi connectivity index (χ2v) is 41.0. The van der Waals surface area contributed by atoms with Gasteiger partial charge < -0.3 is 4.57 Å². The number of nitrogens with zero attached hydrogens (tertiary/aromatic N) is 2. The summed E-state index contributed by atoms with van der Waals surface area (Å²) in [6.45, 7) is 6.70. The molecule has 0 N–H and O–H groups in total. The molecule has 4 nitrogen and oxygen atoms in total. The van der Waals surface area contributed by atoms with E-state index in [0.717, 1.165) is 38.2 Å². The van der Waals surface area contributed by atoms with Crippen molar-refractivity contribution in [2.45, 2.75) is 59.7 Å². The molecule has 1 aliphatic heterocycles. The zero-order chi connectivity index (χ0) is 40.5. The maximum absolute atomic E-state index is 15.2. The van der Waals surface area contributed by atoms with Crippen LogP contribution in [0.2, 0.25) is 33.5 Å². The van der Waals surface area contributed by atoms with Crippen molar-refractivity contribution in [2.75, 3.05) is 0 Å². The van der Waals surface area contributed by atoms with Crippen LogP contribution in [0.3, 0.4) is 0 Å². The molecule has 0 saturated carbocycles. The second kappa shape index (κ2) is 15.8. The van der Waals surface area contributed by atoms with E-state index in [1.165, 1.54) is 27.2 Å². The predicted octanol–water partition coefficient (Wildman–Crippen LogP) is 11.0. The summed E-state index contributed by atoms with van der Waals surface area (Å²) in [6.07, 6.45) is 1.91. The number of hydrogen-bond acceptors (Lipinski definition) is 3. The molecule has 0 aliphatic carbocycles. The molecule has 0 bridgehead atoms. The Bertz CT molecular complexity index is 2860. The van der Waals surface area contributed by atoms with Crippen molar-refractivity contribution in [3.05, 3.63) is 163 Å². The fourth-order valence-corrected chi connectivity index (χ4v) is 41.7. The Balaban J connectivity index is 0.00000484. The van der Waals surface area contributed by atoms with E-state index < -0.39 is 33.7 Å². The number of fused-ring (bicyclic) bond motifs is 4. The smallest absolute Gasteiger partial charge is 2.00 e. The number of hydrogen-bond donors (Lipinski definition) is 0. The first-order chi connectivity index (χ1) is 27.7. The zero-order valence-corrected chi connectivity index (χ0v) is 42.1. The molecule has 0 spiro atoms. The topological polar surface area (TPSA) is 44.1 Å². The molecule has 8 heteroatoms. The Morgan fingerprint density at radius 3 is 1.95 bits per heavy atom. The zero-order valence-electron chi connectivity index (χ0n) is 34.7. The normalized spacial score (nSPS) is 14.8. The third-order valence-corrected chi connectivity index (χ3v) is 32.7. The first-order valence-electron chi connectivity index (χ1n) is 20.3. The van der Waals surface area contributed by atoms with Crippen molar-refractivity contribution in [1.82, 2.24) is 9.55 Å². The summed E-state index contributed by atoms with van der Waals surface area (Å²) in [6, 6.07) is 54.8. The van der Waals surface area contributed by atoms with Gasteiger partial charge in [-0.25, -0.2) is 0 Å². The molecule has 0 fully saturated rings. The van der Waals surface area contributed by atoms with E-state index in [2.05, 4.69) is 115 Å².